The van der Waals surface area contributed by atoms with Crippen LogP contribution in [-0.2, 0) is 45.5 Å². The zero-order chi connectivity index (χ0) is 45.9. The van der Waals surface area contributed by atoms with Crippen LogP contribution in [0.5, 0.6) is 0 Å². The number of phosphoric ester groups is 1. The maximum absolute atomic E-state index is 12.8. The van der Waals surface area contributed by atoms with E-state index in [1.165, 1.54) is 24.0 Å². The van der Waals surface area contributed by atoms with E-state index < -0.39 is 45.2 Å². The first kappa shape index (κ1) is 56.7. The van der Waals surface area contributed by atoms with E-state index >= 15 is 0 Å². The number of rotatable bonds is 37. The lowest BCUT2D eigenvalue weighted by Crippen LogP contribution is -2.37. The van der Waals surface area contributed by atoms with Crippen molar-refractivity contribution in [1.29, 1.82) is 0 Å². The van der Waals surface area contributed by atoms with Crippen molar-refractivity contribution < 1.29 is 51.6 Å². The molecule has 0 aliphatic heterocycles. The van der Waals surface area contributed by atoms with Crippen molar-refractivity contribution in [3.05, 3.63) is 95.6 Å². The van der Waals surface area contributed by atoms with Crippen molar-refractivity contribution in [3.8, 4) is 0 Å². The Morgan fingerprint density at radius 1 is 0.710 bits per heavy atom. The molecular formula is C50H82NO10P. The van der Waals surface area contributed by atoms with Crippen molar-refractivity contribution in [2.24, 2.45) is 0 Å². The number of phosphoric acid groups is 1. The third kappa shape index (κ3) is 31.5. The molecule has 0 aliphatic carbocycles. The van der Waals surface area contributed by atoms with Gasteiger partial charge in [0, 0.05) is 25.7 Å². The summed E-state index contributed by atoms with van der Waals surface area (Å²) in [6.07, 6.45) is 38.2. The van der Waals surface area contributed by atoms with Gasteiger partial charge in [-0.05, 0) is 82.8 Å². The number of aliphatic hydroxyl groups excluding tert-OH is 1. The minimum absolute atomic E-state index is 0.0796. The number of likely N-dealkylation sites (N-methyl/N-ethyl adjacent to an activating group) is 1. The van der Waals surface area contributed by atoms with Crippen LogP contribution in [-0.4, -0.2) is 81.2 Å². The number of nitrogens with zero attached hydrogens (tertiary/aromatic N) is 1. The van der Waals surface area contributed by atoms with E-state index in [2.05, 4.69) is 76.3 Å². The SMILES string of the molecule is CC/C=C\C/C=C\C/C=C\C/C=C\C/C=C\C=C/C(O)CCC(=O)OC[C@H](COP(=O)([O-])OCC[N+](C)(C)C)OC(=O)CCCCCCCCc1oc(CCCCC)c(C)c1C. The summed E-state index contributed by atoms with van der Waals surface area (Å²) < 4.78 is 40.0. The van der Waals surface area contributed by atoms with E-state index in [-0.39, 0.29) is 25.9 Å². The fraction of sp³-hybridized carbons (Fsp3) is 0.640. The number of furan rings is 1. The molecular weight excluding hydrogens is 806 g/mol. The molecule has 62 heavy (non-hydrogen) atoms. The van der Waals surface area contributed by atoms with Gasteiger partial charge < -0.3 is 37.4 Å². The van der Waals surface area contributed by atoms with E-state index in [1.54, 1.807) is 12.2 Å². The van der Waals surface area contributed by atoms with Crippen LogP contribution in [0.4, 0.5) is 0 Å². The largest absolute Gasteiger partial charge is 0.756 e. The first-order chi connectivity index (χ1) is 29.7. The van der Waals surface area contributed by atoms with Crippen molar-refractivity contribution >= 4 is 19.8 Å². The maximum atomic E-state index is 12.8. The molecule has 1 aromatic rings. The van der Waals surface area contributed by atoms with E-state index in [9.17, 15) is 24.2 Å². The Bertz CT molecular complexity index is 1580. The van der Waals surface area contributed by atoms with Gasteiger partial charge in [0.05, 0.1) is 33.9 Å². The molecule has 352 valence electrons. The van der Waals surface area contributed by atoms with Gasteiger partial charge in [0.2, 0.25) is 0 Å². The highest BCUT2D eigenvalue weighted by atomic mass is 31.2. The Kier molecular flexibility index (Phi) is 32.1. The molecule has 0 aliphatic rings. The molecule has 0 aromatic carbocycles. The Morgan fingerprint density at radius 2 is 1.26 bits per heavy atom. The molecule has 0 amide bonds. The molecule has 0 spiro atoms. The minimum atomic E-state index is -4.71. The molecule has 2 unspecified atom stereocenters. The fourth-order valence-electron chi connectivity index (χ4n) is 6.12. The van der Waals surface area contributed by atoms with Crippen molar-refractivity contribution in [1.82, 2.24) is 0 Å². The van der Waals surface area contributed by atoms with Crippen LogP contribution in [0.1, 0.15) is 146 Å². The van der Waals surface area contributed by atoms with Crippen LogP contribution in [0.25, 0.3) is 0 Å². The van der Waals surface area contributed by atoms with Gasteiger partial charge in [-0.25, -0.2) is 0 Å². The van der Waals surface area contributed by atoms with Gasteiger partial charge in [0.25, 0.3) is 7.82 Å². The van der Waals surface area contributed by atoms with Crippen LogP contribution in [0.15, 0.2) is 77.3 Å². The standard InChI is InChI=1S/C50H82NO10P/c1-8-10-12-13-14-15-16-17-18-19-20-21-22-23-26-30-33-45(52)37-38-49(53)57-41-46(42-59-62(55,56)58-40-39-51(5,6)7)60-50(54)36-32-28-25-24-27-31-35-48-44(4)43(3)47(61-48)34-29-11-9-2/h10,12,14-15,17-18,20-21,23,26,30,33,45-46,52H,8-9,11,13,16,19,22,24-25,27-29,31-32,34-42H2,1-7H3/b12-10-,15-14-,18-17-,21-20-,26-23-,33-30-/t45?,46-/m1/s1. The number of esters is 2. The average Bonchev–Trinajstić information content (AvgIpc) is 3.49. The topological polar surface area (TPSA) is 145 Å². The second kappa shape index (κ2) is 35.1. The van der Waals surface area contributed by atoms with Crippen LogP contribution in [0, 0.1) is 13.8 Å². The molecule has 0 saturated carbocycles. The Labute approximate surface area is 375 Å². The van der Waals surface area contributed by atoms with Gasteiger partial charge in [0.15, 0.2) is 6.10 Å². The number of allylic oxidation sites excluding steroid dienone is 11. The lowest BCUT2D eigenvalue weighted by molar-refractivity contribution is -0.870. The summed E-state index contributed by atoms with van der Waals surface area (Å²) in [4.78, 5) is 37.8. The third-order valence-electron chi connectivity index (χ3n) is 10.1. The zero-order valence-corrected chi connectivity index (χ0v) is 40.3. The van der Waals surface area contributed by atoms with E-state index in [4.69, 9.17) is 22.9 Å². The van der Waals surface area contributed by atoms with Crippen LogP contribution >= 0.6 is 7.82 Å². The number of carbonyl (C=O) groups is 2. The third-order valence-corrected chi connectivity index (χ3v) is 11.0. The Balaban J connectivity index is 2.48. The number of carbonyl (C=O) groups excluding carboxylic acids is 2. The lowest BCUT2D eigenvalue weighted by Gasteiger charge is -2.28. The lowest BCUT2D eigenvalue weighted by atomic mass is 10.0. The molecule has 0 bridgehead atoms. The minimum Gasteiger partial charge on any atom is -0.756 e. The van der Waals surface area contributed by atoms with E-state index in [0.29, 0.717) is 17.4 Å². The van der Waals surface area contributed by atoms with Gasteiger partial charge in [0.1, 0.15) is 31.3 Å². The highest BCUT2D eigenvalue weighted by Gasteiger charge is 2.22. The molecule has 12 heteroatoms. The second-order valence-corrected chi connectivity index (χ2v) is 18.2. The zero-order valence-electron chi connectivity index (χ0n) is 39.4. The molecule has 0 radical (unpaired) electrons. The number of aliphatic hydroxyl groups is 1. The highest BCUT2D eigenvalue weighted by molar-refractivity contribution is 7.45. The number of ether oxygens (including phenoxy) is 2. The highest BCUT2D eigenvalue weighted by Crippen LogP contribution is 2.38. The monoisotopic (exact) mass is 888 g/mol. The summed E-state index contributed by atoms with van der Waals surface area (Å²) in [6, 6.07) is 0. The van der Waals surface area contributed by atoms with Crippen LogP contribution < -0.4 is 4.89 Å². The number of quaternary nitrogens is 1. The smallest absolute Gasteiger partial charge is 0.306 e. The van der Waals surface area contributed by atoms with E-state index in [0.717, 1.165) is 95.0 Å². The first-order valence-corrected chi connectivity index (χ1v) is 24.6. The molecule has 1 rings (SSSR count). The Morgan fingerprint density at radius 3 is 1.84 bits per heavy atom. The molecule has 0 saturated heterocycles. The van der Waals surface area contributed by atoms with Gasteiger partial charge in [-0.3, -0.25) is 14.2 Å². The maximum Gasteiger partial charge on any atom is 0.306 e. The summed E-state index contributed by atoms with van der Waals surface area (Å²) in [5.41, 5.74) is 2.57. The van der Waals surface area contributed by atoms with Crippen LogP contribution in [0.2, 0.25) is 0 Å². The van der Waals surface area contributed by atoms with Crippen molar-refractivity contribution in [2.75, 3.05) is 47.5 Å². The molecule has 0 fully saturated rings. The fourth-order valence-corrected chi connectivity index (χ4v) is 6.85. The summed E-state index contributed by atoms with van der Waals surface area (Å²) in [7, 11) is 1.00. The van der Waals surface area contributed by atoms with Gasteiger partial charge in [-0.15, -0.1) is 0 Å². The average molecular weight is 888 g/mol. The molecule has 1 heterocycles. The summed E-state index contributed by atoms with van der Waals surface area (Å²) in [5.74, 6) is 1.08. The van der Waals surface area contributed by atoms with Crippen molar-refractivity contribution in [3.63, 3.8) is 0 Å². The van der Waals surface area contributed by atoms with E-state index in [1.807, 2.05) is 33.3 Å². The number of unbranched alkanes of at least 4 members (excludes halogenated alkanes) is 7. The normalized spacial score (nSPS) is 14.7. The van der Waals surface area contributed by atoms with Crippen molar-refractivity contribution in [2.45, 2.75) is 162 Å². The number of hydrogen-bond acceptors (Lipinski definition) is 10. The predicted octanol–water partition coefficient (Wildman–Crippen LogP) is 11.0. The molecule has 1 N–H and O–H groups in total. The summed E-state index contributed by atoms with van der Waals surface area (Å²) in [6.45, 7) is 8.04. The van der Waals surface area contributed by atoms with Gasteiger partial charge >= 0.3 is 11.9 Å². The van der Waals surface area contributed by atoms with Gasteiger partial charge in [-0.2, -0.15) is 0 Å². The van der Waals surface area contributed by atoms with Gasteiger partial charge in [-0.1, -0.05) is 125 Å². The first-order valence-electron chi connectivity index (χ1n) is 23.1. The summed E-state index contributed by atoms with van der Waals surface area (Å²) in [5, 5.41) is 10.3. The second-order valence-electron chi connectivity index (χ2n) is 16.8. The quantitative estimate of drug-likeness (QED) is 0.0171. The molecule has 1 aromatic heterocycles. The molecule has 11 nitrogen and oxygen atoms in total. The number of aryl methyl sites for hydroxylation is 2. The predicted molar refractivity (Wildman–Crippen MR) is 250 cm³/mol. The molecule has 3 atom stereocenters. The number of hydrogen-bond donors (Lipinski definition) is 1. The summed E-state index contributed by atoms with van der Waals surface area (Å²) >= 11 is 0. The Hall–Kier alpha value is -3.31. The van der Waals surface area contributed by atoms with Crippen LogP contribution in [0.3, 0.4) is 0 Å².